The van der Waals surface area contributed by atoms with Crippen LogP contribution in [0.4, 0.5) is 0 Å². The highest BCUT2D eigenvalue weighted by atomic mass is 35.5. The molecular formula is C22H32ClN3O2. The summed E-state index contributed by atoms with van der Waals surface area (Å²) in [6.45, 7) is 8.36. The summed E-state index contributed by atoms with van der Waals surface area (Å²) in [7, 11) is 0. The summed E-state index contributed by atoms with van der Waals surface area (Å²) in [5, 5.41) is 0.496. The van der Waals surface area contributed by atoms with Crippen LogP contribution in [-0.2, 0) is 4.79 Å². The van der Waals surface area contributed by atoms with Crippen LogP contribution in [0.25, 0.3) is 0 Å². The molecule has 0 aromatic heterocycles. The fourth-order valence-corrected chi connectivity index (χ4v) is 4.88. The van der Waals surface area contributed by atoms with E-state index >= 15 is 0 Å². The number of hydrogen-bond donors (Lipinski definition) is 0. The number of rotatable bonds is 6. The highest BCUT2D eigenvalue weighted by Crippen LogP contribution is 2.32. The number of carbonyl (C=O) groups excluding carboxylic acids is 2. The standard InChI is InChI=1S/C22H32ClN3O2/c1-3-24(4-2)22(28)20(17-9-5-6-10-17)25-13-15-26(16-14-25)21(27)18-11-7-8-12-19(18)23/h7-8,11-12,17,20H,3-6,9-10,13-16H2,1-2H3/t20-/m0/s1. The van der Waals surface area contributed by atoms with Gasteiger partial charge in [-0.15, -0.1) is 0 Å². The van der Waals surface area contributed by atoms with Crippen LogP contribution < -0.4 is 0 Å². The Labute approximate surface area is 173 Å². The van der Waals surface area contributed by atoms with Crippen molar-refractivity contribution in [2.24, 2.45) is 5.92 Å². The Balaban J connectivity index is 1.69. The van der Waals surface area contributed by atoms with Gasteiger partial charge in [0.1, 0.15) is 0 Å². The molecule has 0 N–H and O–H groups in total. The van der Waals surface area contributed by atoms with E-state index in [2.05, 4.69) is 4.90 Å². The van der Waals surface area contributed by atoms with E-state index in [4.69, 9.17) is 11.6 Å². The van der Waals surface area contributed by atoms with Crippen LogP contribution in [0.1, 0.15) is 49.9 Å². The van der Waals surface area contributed by atoms with Gasteiger partial charge in [-0.1, -0.05) is 36.6 Å². The molecule has 2 amide bonds. The summed E-state index contributed by atoms with van der Waals surface area (Å²) in [5.74, 6) is 0.694. The zero-order chi connectivity index (χ0) is 20.1. The molecule has 1 heterocycles. The number of hydrogen-bond acceptors (Lipinski definition) is 3. The molecule has 6 heteroatoms. The maximum Gasteiger partial charge on any atom is 0.255 e. The van der Waals surface area contributed by atoms with E-state index in [1.807, 2.05) is 35.8 Å². The Morgan fingerprint density at radius 2 is 1.68 bits per heavy atom. The molecule has 2 aliphatic rings. The second-order valence-electron chi connectivity index (χ2n) is 7.81. The molecule has 1 saturated heterocycles. The Bertz CT molecular complexity index is 678. The molecule has 0 unspecified atom stereocenters. The van der Waals surface area contributed by atoms with Gasteiger partial charge in [-0.3, -0.25) is 14.5 Å². The molecular weight excluding hydrogens is 374 g/mol. The summed E-state index contributed by atoms with van der Waals surface area (Å²) in [5.41, 5.74) is 0.559. The van der Waals surface area contributed by atoms with E-state index in [0.717, 1.165) is 39.0 Å². The predicted molar refractivity (Wildman–Crippen MR) is 113 cm³/mol. The van der Waals surface area contributed by atoms with Crippen LogP contribution in [0.2, 0.25) is 5.02 Å². The summed E-state index contributed by atoms with van der Waals surface area (Å²) < 4.78 is 0. The van der Waals surface area contributed by atoms with Crippen molar-refractivity contribution in [3.63, 3.8) is 0 Å². The normalized spacial score (nSPS) is 19.6. The number of carbonyl (C=O) groups is 2. The topological polar surface area (TPSA) is 43.9 Å². The lowest BCUT2D eigenvalue weighted by molar-refractivity contribution is -0.139. The first-order valence-corrected chi connectivity index (χ1v) is 11.0. The van der Waals surface area contributed by atoms with E-state index in [0.29, 0.717) is 29.6 Å². The van der Waals surface area contributed by atoms with Gasteiger partial charge < -0.3 is 9.80 Å². The quantitative estimate of drug-likeness (QED) is 0.727. The zero-order valence-corrected chi connectivity index (χ0v) is 17.8. The van der Waals surface area contributed by atoms with Gasteiger partial charge >= 0.3 is 0 Å². The maximum atomic E-state index is 13.3. The number of halogens is 1. The van der Waals surface area contributed by atoms with Gasteiger partial charge in [-0.25, -0.2) is 0 Å². The lowest BCUT2D eigenvalue weighted by Gasteiger charge is -2.42. The number of likely N-dealkylation sites (N-methyl/N-ethyl adjacent to an activating group) is 1. The highest BCUT2D eigenvalue weighted by molar-refractivity contribution is 6.33. The highest BCUT2D eigenvalue weighted by Gasteiger charge is 2.38. The Kier molecular flexibility index (Phi) is 7.36. The van der Waals surface area contributed by atoms with Crippen molar-refractivity contribution in [2.45, 2.75) is 45.6 Å². The minimum atomic E-state index is -0.0417. The molecule has 154 valence electrons. The third-order valence-corrected chi connectivity index (χ3v) is 6.60. The van der Waals surface area contributed by atoms with E-state index in [9.17, 15) is 9.59 Å². The lowest BCUT2D eigenvalue weighted by atomic mass is 9.94. The first kappa shape index (κ1) is 21.1. The van der Waals surface area contributed by atoms with Gasteiger partial charge in [-0.05, 0) is 44.7 Å². The number of piperazine rings is 1. The van der Waals surface area contributed by atoms with Crippen molar-refractivity contribution in [1.29, 1.82) is 0 Å². The van der Waals surface area contributed by atoms with Gasteiger partial charge in [0.2, 0.25) is 5.91 Å². The summed E-state index contributed by atoms with van der Waals surface area (Å²) in [6, 6.07) is 7.17. The first-order chi connectivity index (χ1) is 13.6. The van der Waals surface area contributed by atoms with Gasteiger partial charge in [0.15, 0.2) is 0 Å². The minimum Gasteiger partial charge on any atom is -0.342 e. The van der Waals surface area contributed by atoms with Crippen molar-refractivity contribution < 1.29 is 9.59 Å². The predicted octanol–water partition coefficient (Wildman–Crippen LogP) is 3.53. The first-order valence-electron chi connectivity index (χ1n) is 10.6. The van der Waals surface area contributed by atoms with Crippen molar-refractivity contribution >= 4 is 23.4 Å². The Hall–Kier alpha value is -1.59. The van der Waals surface area contributed by atoms with Crippen LogP contribution in [0, 0.1) is 5.92 Å². The van der Waals surface area contributed by atoms with E-state index < -0.39 is 0 Å². The van der Waals surface area contributed by atoms with Crippen molar-refractivity contribution in [2.75, 3.05) is 39.3 Å². The Morgan fingerprint density at radius 3 is 2.25 bits per heavy atom. The fourth-order valence-electron chi connectivity index (χ4n) is 4.66. The van der Waals surface area contributed by atoms with Gasteiger partial charge in [0.05, 0.1) is 16.6 Å². The van der Waals surface area contributed by atoms with Crippen LogP contribution in [0.5, 0.6) is 0 Å². The van der Waals surface area contributed by atoms with Gasteiger partial charge in [-0.2, -0.15) is 0 Å². The lowest BCUT2D eigenvalue weighted by Crippen LogP contribution is -2.58. The molecule has 1 aliphatic heterocycles. The molecule has 5 nitrogen and oxygen atoms in total. The number of benzene rings is 1. The molecule has 2 fully saturated rings. The molecule has 1 saturated carbocycles. The monoisotopic (exact) mass is 405 g/mol. The molecule has 0 spiro atoms. The second kappa shape index (κ2) is 9.75. The minimum absolute atomic E-state index is 0.0160. The SMILES string of the molecule is CCN(CC)C(=O)[C@H](C1CCCC1)N1CCN(C(=O)c2ccccc2Cl)CC1. The van der Waals surface area contributed by atoms with E-state index in [1.54, 1.807) is 12.1 Å². The van der Waals surface area contributed by atoms with Crippen LogP contribution in [0.15, 0.2) is 24.3 Å². The molecule has 3 rings (SSSR count). The van der Waals surface area contributed by atoms with E-state index in [-0.39, 0.29) is 17.9 Å². The third-order valence-electron chi connectivity index (χ3n) is 6.27. The van der Waals surface area contributed by atoms with Crippen molar-refractivity contribution in [1.82, 2.24) is 14.7 Å². The molecule has 1 aliphatic carbocycles. The molecule has 1 aromatic carbocycles. The summed E-state index contributed by atoms with van der Waals surface area (Å²) in [4.78, 5) is 32.3. The maximum absolute atomic E-state index is 13.3. The van der Waals surface area contributed by atoms with Gasteiger partial charge in [0, 0.05) is 39.3 Å². The zero-order valence-electron chi connectivity index (χ0n) is 17.1. The van der Waals surface area contributed by atoms with Crippen molar-refractivity contribution in [3.05, 3.63) is 34.9 Å². The Morgan fingerprint density at radius 1 is 1.07 bits per heavy atom. The summed E-state index contributed by atoms with van der Waals surface area (Å²) in [6.07, 6.45) is 4.71. The average molecular weight is 406 g/mol. The van der Waals surface area contributed by atoms with Crippen molar-refractivity contribution in [3.8, 4) is 0 Å². The van der Waals surface area contributed by atoms with Crippen LogP contribution >= 0.6 is 11.6 Å². The molecule has 0 bridgehead atoms. The molecule has 0 radical (unpaired) electrons. The van der Waals surface area contributed by atoms with Gasteiger partial charge in [0.25, 0.3) is 5.91 Å². The molecule has 1 atom stereocenters. The molecule has 1 aromatic rings. The van der Waals surface area contributed by atoms with Crippen LogP contribution in [0.3, 0.4) is 0 Å². The smallest absolute Gasteiger partial charge is 0.255 e. The number of amides is 2. The fraction of sp³-hybridized carbons (Fsp3) is 0.636. The molecule has 28 heavy (non-hydrogen) atoms. The third kappa shape index (κ3) is 4.52. The largest absolute Gasteiger partial charge is 0.342 e. The number of nitrogens with zero attached hydrogens (tertiary/aromatic N) is 3. The average Bonchev–Trinajstić information content (AvgIpc) is 3.24. The summed E-state index contributed by atoms with van der Waals surface area (Å²) >= 11 is 6.20. The van der Waals surface area contributed by atoms with E-state index in [1.165, 1.54) is 12.8 Å². The second-order valence-corrected chi connectivity index (χ2v) is 8.22. The van der Waals surface area contributed by atoms with Crippen LogP contribution in [-0.4, -0.2) is 71.8 Å².